The van der Waals surface area contributed by atoms with E-state index in [0.717, 1.165) is 19.0 Å². The Hall–Kier alpha value is -0.570. The second-order valence-corrected chi connectivity index (χ2v) is 5.69. The number of hydrogen-bond donors (Lipinski definition) is 1. The van der Waals surface area contributed by atoms with Gasteiger partial charge in [-0.3, -0.25) is 4.79 Å². The van der Waals surface area contributed by atoms with Gasteiger partial charge in [-0.1, -0.05) is 26.2 Å². The molecule has 2 fully saturated rings. The molecule has 0 aromatic carbocycles. The molecule has 1 heterocycles. The SMILES string of the molecule is CC1CCCCCC1NCC(=O)N1CCCC1. The van der Waals surface area contributed by atoms with Crippen molar-refractivity contribution in [2.75, 3.05) is 19.6 Å². The number of carbonyl (C=O) groups is 1. The fourth-order valence-electron chi connectivity index (χ4n) is 3.09. The molecule has 0 bridgehead atoms. The average Bonchev–Trinajstić information content (AvgIpc) is 2.78. The van der Waals surface area contributed by atoms with Crippen LogP contribution >= 0.6 is 0 Å². The van der Waals surface area contributed by atoms with Gasteiger partial charge in [-0.2, -0.15) is 0 Å². The number of rotatable bonds is 3. The van der Waals surface area contributed by atoms with Crippen molar-refractivity contribution in [1.82, 2.24) is 10.2 Å². The largest absolute Gasteiger partial charge is 0.342 e. The Morgan fingerprint density at radius 1 is 1.12 bits per heavy atom. The first-order chi connectivity index (χ1) is 8.27. The molecule has 17 heavy (non-hydrogen) atoms. The van der Waals surface area contributed by atoms with Crippen LogP contribution in [0.5, 0.6) is 0 Å². The molecule has 1 amide bonds. The number of nitrogens with one attached hydrogen (secondary N) is 1. The zero-order chi connectivity index (χ0) is 12.1. The first-order valence-electron chi connectivity index (χ1n) is 7.28. The summed E-state index contributed by atoms with van der Waals surface area (Å²) in [5.41, 5.74) is 0. The van der Waals surface area contributed by atoms with Crippen LogP contribution in [0.3, 0.4) is 0 Å². The monoisotopic (exact) mass is 238 g/mol. The fraction of sp³-hybridized carbons (Fsp3) is 0.929. The van der Waals surface area contributed by atoms with Gasteiger partial charge >= 0.3 is 0 Å². The molecule has 1 saturated heterocycles. The van der Waals surface area contributed by atoms with E-state index in [-0.39, 0.29) is 0 Å². The van der Waals surface area contributed by atoms with E-state index in [1.165, 1.54) is 44.9 Å². The minimum absolute atomic E-state index is 0.305. The maximum atomic E-state index is 11.9. The van der Waals surface area contributed by atoms with E-state index in [1.807, 2.05) is 4.90 Å². The predicted octanol–water partition coefficient (Wildman–Crippen LogP) is 2.17. The highest BCUT2D eigenvalue weighted by molar-refractivity contribution is 5.78. The summed E-state index contributed by atoms with van der Waals surface area (Å²) in [6, 6.07) is 0.559. The Morgan fingerprint density at radius 3 is 2.59 bits per heavy atom. The van der Waals surface area contributed by atoms with Gasteiger partial charge in [0.1, 0.15) is 0 Å². The van der Waals surface area contributed by atoms with Gasteiger partial charge in [-0.25, -0.2) is 0 Å². The number of hydrogen-bond acceptors (Lipinski definition) is 2. The average molecular weight is 238 g/mol. The number of nitrogens with zero attached hydrogens (tertiary/aromatic N) is 1. The normalized spacial score (nSPS) is 30.3. The van der Waals surface area contributed by atoms with Crippen molar-refractivity contribution in [3.05, 3.63) is 0 Å². The number of carbonyl (C=O) groups excluding carboxylic acids is 1. The molecule has 0 aromatic rings. The standard InChI is InChI=1S/C14H26N2O/c1-12-7-3-2-4-8-13(12)15-11-14(17)16-9-5-6-10-16/h12-13,15H,2-11H2,1H3. The van der Waals surface area contributed by atoms with E-state index in [4.69, 9.17) is 0 Å². The van der Waals surface area contributed by atoms with Gasteiger partial charge in [0.2, 0.25) is 5.91 Å². The van der Waals surface area contributed by atoms with Gasteiger partial charge in [0.25, 0.3) is 0 Å². The van der Waals surface area contributed by atoms with E-state index < -0.39 is 0 Å². The van der Waals surface area contributed by atoms with Crippen LogP contribution in [0.2, 0.25) is 0 Å². The van der Waals surface area contributed by atoms with Crippen LogP contribution in [0.4, 0.5) is 0 Å². The maximum absolute atomic E-state index is 11.9. The molecule has 98 valence electrons. The third kappa shape index (κ3) is 3.70. The lowest BCUT2D eigenvalue weighted by molar-refractivity contribution is -0.129. The summed E-state index contributed by atoms with van der Waals surface area (Å²) < 4.78 is 0. The highest BCUT2D eigenvalue weighted by Crippen LogP contribution is 2.22. The van der Waals surface area contributed by atoms with E-state index in [2.05, 4.69) is 12.2 Å². The molecule has 2 rings (SSSR count). The molecule has 1 aliphatic heterocycles. The highest BCUT2D eigenvalue weighted by Gasteiger charge is 2.22. The van der Waals surface area contributed by atoms with Gasteiger partial charge in [0.15, 0.2) is 0 Å². The quantitative estimate of drug-likeness (QED) is 0.764. The molecule has 2 aliphatic rings. The van der Waals surface area contributed by atoms with Gasteiger partial charge in [-0.15, -0.1) is 0 Å². The molecule has 0 radical (unpaired) electrons. The Kier molecular flexibility index (Phi) is 4.84. The van der Waals surface area contributed by atoms with Crippen molar-refractivity contribution in [2.45, 2.75) is 57.9 Å². The Balaban J connectivity index is 1.73. The molecule has 1 aliphatic carbocycles. The van der Waals surface area contributed by atoms with Crippen LogP contribution < -0.4 is 5.32 Å². The first-order valence-corrected chi connectivity index (χ1v) is 7.28. The van der Waals surface area contributed by atoms with E-state index in [9.17, 15) is 4.79 Å². The molecule has 1 N–H and O–H groups in total. The van der Waals surface area contributed by atoms with Gasteiger partial charge in [0, 0.05) is 19.1 Å². The van der Waals surface area contributed by atoms with Crippen molar-refractivity contribution in [3.63, 3.8) is 0 Å². The summed E-state index contributed by atoms with van der Waals surface area (Å²) in [5.74, 6) is 1.03. The second kappa shape index (κ2) is 6.39. The van der Waals surface area contributed by atoms with Gasteiger partial charge in [0.05, 0.1) is 6.54 Å². The lowest BCUT2D eigenvalue weighted by atomic mass is 9.97. The lowest BCUT2D eigenvalue weighted by Gasteiger charge is -2.24. The maximum Gasteiger partial charge on any atom is 0.236 e. The van der Waals surface area contributed by atoms with E-state index in [0.29, 0.717) is 18.5 Å². The zero-order valence-corrected chi connectivity index (χ0v) is 11.1. The van der Waals surface area contributed by atoms with Crippen LogP contribution in [0, 0.1) is 5.92 Å². The summed E-state index contributed by atoms with van der Waals surface area (Å²) in [7, 11) is 0. The van der Waals surface area contributed by atoms with Gasteiger partial charge < -0.3 is 10.2 Å². The smallest absolute Gasteiger partial charge is 0.236 e. The van der Waals surface area contributed by atoms with Gasteiger partial charge in [-0.05, 0) is 31.6 Å². The topological polar surface area (TPSA) is 32.3 Å². The summed E-state index contributed by atoms with van der Waals surface area (Å²) in [6.07, 6.45) is 8.98. The molecule has 3 nitrogen and oxygen atoms in total. The summed E-state index contributed by atoms with van der Waals surface area (Å²) in [5, 5.41) is 3.50. The minimum atomic E-state index is 0.305. The summed E-state index contributed by atoms with van der Waals surface area (Å²) in [4.78, 5) is 14.0. The first kappa shape index (κ1) is 12.9. The van der Waals surface area contributed by atoms with Crippen molar-refractivity contribution in [2.24, 2.45) is 5.92 Å². The predicted molar refractivity (Wildman–Crippen MR) is 69.9 cm³/mol. The lowest BCUT2D eigenvalue weighted by Crippen LogP contribution is -2.42. The summed E-state index contributed by atoms with van der Waals surface area (Å²) >= 11 is 0. The molecule has 2 unspecified atom stereocenters. The van der Waals surface area contributed by atoms with Crippen LogP contribution in [0.1, 0.15) is 51.9 Å². The molecular formula is C14H26N2O. The van der Waals surface area contributed by atoms with Crippen molar-refractivity contribution >= 4 is 5.91 Å². The molecule has 0 spiro atoms. The molecule has 2 atom stereocenters. The third-order valence-electron chi connectivity index (χ3n) is 4.34. The van der Waals surface area contributed by atoms with E-state index >= 15 is 0 Å². The summed E-state index contributed by atoms with van der Waals surface area (Å²) in [6.45, 7) is 4.82. The Labute approximate surface area is 105 Å². The van der Waals surface area contributed by atoms with Crippen LogP contribution in [0.15, 0.2) is 0 Å². The van der Waals surface area contributed by atoms with E-state index in [1.54, 1.807) is 0 Å². The second-order valence-electron chi connectivity index (χ2n) is 5.69. The van der Waals surface area contributed by atoms with Crippen molar-refractivity contribution in [3.8, 4) is 0 Å². The Bertz CT molecular complexity index is 249. The molecule has 0 aromatic heterocycles. The van der Waals surface area contributed by atoms with Crippen LogP contribution in [-0.4, -0.2) is 36.5 Å². The number of amides is 1. The zero-order valence-electron chi connectivity index (χ0n) is 11.1. The molecular weight excluding hydrogens is 212 g/mol. The Morgan fingerprint density at radius 2 is 1.82 bits per heavy atom. The number of likely N-dealkylation sites (tertiary alicyclic amines) is 1. The minimum Gasteiger partial charge on any atom is -0.342 e. The molecule has 3 heteroatoms. The highest BCUT2D eigenvalue weighted by atomic mass is 16.2. The van der Waals surface area contributed by atoms with Crippen LogP contribution in [0.25, 0.3) is 0 Å². The van der Waals surface area contributed by atoms with Crippen molar-refractivity contribution < 1.29 is 4.79 Å². The third-order valence-corrected chi connectivity index (χ3v) is 4.34. The van der Waals surface area contributed by atoms with Crippen molar-refractivity contribution in [1.29, 1.82) is 0 Å². The van der Waals surface area contributed by atoms with Crippen LogP contribution in [-0.2, 0) is 4.79 Å². The fourth-order valence-corrected chi connectivity index (χ4v) is 3.09. The molecule has 1 saturated carbocycles.